The van der Waals surface area contributed by atoms with Crippen LogP contribution in [0, 0.1) is 5.82 Å². The summed E-state index contributed by atoms with van der Waals surface area (Å²) in [5, 5.41) is 10.5. The van der Waals surface area contributed by atoms with Gasteiger partial charge in [0.2, 0.25) is 6.41 Å². The van der Waals surface area contributed by atoms with E-state index in [0.29, 0.717) is 41.1 Å². The van der Waals surface area contributed by atoms with Gasteiger partial charge in [-0.15, -0.1) is 0 Å². The number of carbonyl (C=O) groups is 1. The van der Waals surface area contributed by atoms with E-state index >= 15 is 4.39 Å². The van der Waals surface area contributed by atoms with Crippen molar-refractivity contribution in [3.8, 4) is 11.1 Å². The molecule has 1 saturated carbocycles. The molecule has 0 unspecified atom stereocenters. The first-order chi connectivity index (χ1) is 16.2. The van der Waals surface area contributed by atoms with Gasteiger partial charge < -0.3 is 9.72 Å². The van der Waals surface area contributed by atoms with Gasteiger partial charge in [0, 0.05) is 34.8 Å². The lowest BCUT2D eigenvalue weighted by molar-refractivity contribution is -0.105. The molecule has 7 nitrogen and oxygen atoms in total. The molecule has 1 aromatic carbocycles. The highest BCUT2D eigenvalue weighted by Gasteiger charge is 2.23. The maximum Gasteiger partial charge on any atom is 0.212 e. The Kier molecular flexibility index (Phi) is 6.28. The topological polar surface area (TPSA) is 78.3 Å². The first-order valence-corrected chi connectivity index (χ1v) is 11.8. The third-order valence-corrected chi connectivity index (χ3v) is 6.37. The molecule has 1 aliphatic carbocycles. The molecule has 4 aromatic rings. The van der Waals surface area contributed by atoms with Crippen molar-refractivity contribution in [2.75, 3.05) is 18.4 Å². The van der Waals surface area contributed by atoms with Crippen LogP contribution < -0.4 is 5.32 Å². The Bertz CT molecular complexity index is 1290. The number of pyridine rings is 1. The van der Waals surface area contributed by atoms with Crippen LogP contribution in [0.1, 0.15) is 44.1 Å². The minimum absolute atomic E-state index is 0.0848. The number of imidazole rings is 1. The van der Waals surface area contributed by atoms with E-state index in [9.17, 15) is 4.79 Å². The Morgan fingerprint density at radius 1 is 1.12 bits per heavy atom. The highest BCUT2D eigenvalue weighted by atomic mass is 35.5. The van der Waals surface area contributed by atoms with Gasteiger partial charge in [-0.3, -0.25) is 14.8 Å². The van der Waals surface area contributed by atoms with Crippen molar-refractivity contribution in [2.45, 2.75) is 45.1 Å². The lowest BCUT2D eigenvalue weighted by atomic mass is 9.99. The number of nitrogens with zero attached hydrogens (tertiary/aromatic N) is 4. The van der Waals surface area contributed by atoms with E-state index in [1.165, 1.54) is 25.7 Å². The molecule has 2 N–H and O–H groups in total. The number of amides is 1. The largest absolute Gasteiger partial charge is 0.312 e. The highest BCUT2D eigenvalue weighted by Crippen LogP contribution is 2.39. The summed E-state index contributed by atoms with van der Waals surface area (Å²) in [6.45, 7) is 2.43. The van der Waals surface area contributed by atoms with E-state index in [1.807, 2.05) is 12.3 Å². The average molecular weight is 469 g/mol. The molecule has 1 aliphatic heterocycles. The summed E-state index contributed by atoms with van der Waals surface area (Å²) in [5.41, 5.74) is 3.20. The Morgan fingerprint density at radius 2 is 1.88 bits per heavy atom. The van der Waals surface area contributed by atoms with Crippen molar-refractivity contribution in [1.29, 1.82) is 0 Å². The molecular weight excluding hydrogens is 443 g/mol. The molecule has 2 aliphatic rings. The van der Waals surface area contributed by atoms with E-state index in [-0.39, 0.29) is 5.02 Å². The average Bonchev–Trinajstić information content (AvgIpc) is 3.54. The van der Waals surface area contributed by atoms with Crippen molar-refractivity contribution in [3.63, 3.8) is 0 Å². The van der Waals surface area contributed by atoms with Crippen LogP contribution in [-0.2, 0) is 11.3 Å². The van der Waals surface area contributed by atoms with Crippen LogP contribution in [0.4, 0.5) is 10.2 Å². The SMILES string of the molecule is C1CC1.O=CNc1cn2cc(-c3c(Cl)c(F)c(CN4CCCCC4)c4[nH]ncc34)ccc2n1. The maximum absolute atomic E-state index is 15.5. The number of anilines is 1. The summed E-state index contributed by atoms with van der Waals surface area (Å²) in [4.78, 5) is 17.2. The normalized spacial score (nSPS) is 15.9. The van der Waals surface area contributed by atoms with Crippen LogP contribution in [0.15, 0.2) is 30.7 Å². The summed E-state index contributed by atoms with van der Waals surface area (Å²) in [7, 11) is 0. The molecule has 0 atom stereocenters. The summed E-state index contributed by atoms with van der Waals surface area (Å²) in [6, 6.07) is 3.64. The predicted molar refractivity (Wildman–Crippen MR) is 128 cm³/mol. The molecule has 2 fully saturated rings. The minimum atomic E-state index is -0.414. The quantitative estimate of drug-likeness (QED) is 0.385. The van der Waals surface area contributed by atoms with Crippen molar-refractivity contribution < 1.29 is 9.18 Å². The van der Waals surface area contributed by atoms with E-state index in [2.05, 4.69) is 25.4 Å². The number of aromatic amines is 1. The van der Waals surface area contributed by atoms with E-state index in [1.54, 1.807) is 22.9 Å². The predicted octanol–water partition coefficient (Wildman–Crippen LogP) is 5.39. The van der Waals surface area contributed by atoms with Gasteiger partial charge in [-0.25, -0.2) is 9.37 Å². The van der Waals surface area contributed by atoms with Crippen molar-refractivity contribution in [1.82, 2.24) is 24.5 Å². The highest BCUT2D eigenvalue weighted by molar-refractivity contribution is 6.35. The fourth-order valence-corrected chi connectivity index (χ4v) is 4.54. The smallest absolute Gasteiger partial charge is 0.212 e. The number of benzene rings is 1. The lowest BCUT2D eigenvalue weighted by Gasteiger charge is -2.27. The number of piperidine rings is 1. The number of carbonyl (C=O) groups excluding carboxylic acids is 1. The third-order valence-electron chi connectivity index (χ3n) is 6.02. The third kappa shape index (κ3) is 4.58. The lowest BCUT2D eigenvalue weighted by Crippen LogP contribution is -2.29. The van der Waals surface area contributed by atoms with Crippen LogP contribution in [0.5, 0.6) is 0 Å². The molecule has 3 aromatic heterocycles. The van der Waals surface area contributed by atoms with Gasteiger partial charge in [0.25, 0.3) is 0 Å². The Morgan fingerprint density at radius 3 is 2.61 bits per heavy atom. The Hall–Kier alpha value is -2.97. The number of H-pyrrole nitrogens is 1. The number of aromatic nitrogens is 4. The second-order valence-electron chi connectivity index (χ2n) is 8.61. The second kappa shape index (κ2) is 9.49. The second-order valence-corrected chi connectivity index (χ2v) is 8.99. The van der Waals surface area contributed by atoms with Gasteiger partial charge in [-0.2, -0.15) is 5.10 Å². The molecule has 1 saturated heterocycles. The number of halogens is 2. The van der Waals surface area contributed by atoms with Crippen molar-refractivity contribution in [3.05, 3.63) is 47.1 Å². The molecule has 6 rings (SSSR count). The fraction of sp³-hybridized carbons (Fsp3) is 0.375. The minimum Gasteiger partial charge on any atom is -0.312 e. The van der Waals surface area contributed by atoms with Crippen LogP contribution in [0.2, 0.25) is 5.02 Å². The zero-order valence-electron chi connectivity index (χ0n) is 18.3. The van der Waals surface area contributed by atoms with Crippen molar-refractivity contribution in [2.24, 2.45) is 0 Å². The van der Waals surface area contributed by atoms with Gasteiger partial charge >= 0.3 is 0 Å². The summed E-state index contributed by atoms with van der Waals surface area (Å²) in [5.74, 6) is 0.0211. The number of fused-ring (bicyclic) bond motifs is 2. The summed E-state index contributed by atoms with van der Waals surface area (Å²) < 4.78 is 17.2. The standard InChI is InChI=1S/C21H20ClFN6O.C3H6/c22-19-18(13-4-5-17-26-16(24-12-30)11-29(17)9-13)14-8-25-27-21(14)15(20(19)23)10-28-6-2-1-3-7-28;1-2-3-1/h4-5,8-9,11-12H,1-3,6-7,10H2,(H,24,30)(H,25,27);1-3H2. The molecule has 0 radical (unpaired) electrons. The molecule has 9 heteroatoms. The van der Waals surface area contributed by atoms with Gasteiger partial charge in [0.15, 0.2) is 5.82 Å². The van der Waals surface area contributed by atoms with E-state index in [4.69, 9.17) is 11.6 Å². The van der Waals surface area contributed by atoms with Gasteiger partial charge in [-0.05, 0) is 38.1 Å². The van der Waals surface area contributed by atoms with Crippen LogP contribution in [-0.4, -0.2) is 44.0 Å². The molecule has 4 heterocycles. The monoisotopic (exact) mass is 468 g/mol. The number of nitrogens with one attached hydrogen (secondary N) is 2. The first kappa shape index (κ1) is 21.9. The van der Waals surface area contributed by atoms with Gasteiger partial charge in [0.1, 0.15) is 11.5 Å². The van der Waals surface area contributed by atoms with E-state index in [0.717, 1.165) is 36.9 Å². The Balaban J connectivity index is 0.000000705. The number of hydrogen-bond donors (Lipinski definition) is 2. The molecular formula is C24H26ClFN6O. The summed E-state index contributed by atoms with van der Waals surface area (Å²) >= 11 is 6.57. The molecule has 1 amide bonds. The first-order valence-electron chi connectivity index (χ1n) is 11.4. The number of likely N-dealkylation sites (tertiary alicyclic amines) is 1. The fourth-order valence-electron chi connectivity index (χ4n) is 4.22. The number of rotatable bonds is 5. The van der Waals surface area contributed by atoms with Gasteiger partial charge in [0.05, 0.1) is 22.9 Å². The van der Waals surface area contributed by atoms with Gasteiger partial charge in [-0.1, -0.05) is 37.3 Å². The zero-order chi connectivity index (χ0) is 22.8. The molecule has 33 heavy (non-hydrogen) atoms. The maximum atomic E-state index is 15.5. The van der Waals surface area contributed by atoms with Crippen LogP contribution in [0.25, 0.3) is 27.7 Å². The molecule has 0 spiro atoms. The van der Waals surface area contributed by atoms with Crippen LogP contribution >= 0.6 is 11.6 Å². The molecule has 0 bridgehead atoms. The van der Waals surface area contributed by atoms with Crippen LogP contribution in [0.3, 0.4) is 0 Å². The van der Waals surface area contributed by atoms with E-state index < -0.39 is 5.82 Å². The number of hydrogen-bond acceptors (Lipinski definition) is 4. The molecule has 172 valence electrons. The van der Waals surface area contributed by atoms with Crippen molar-refractivity contribution >= 4 is 40.4 Å². The zero-order valence-corrected chi connectivity index (χ0v) is 19.0. The Labute approximate surface area is 195 Å². The summed E-state index contributed by atoms with van der Waals surface area (Å²) in [6.07, 6.45) is 13.7.